The van der Waals surface area contributed by atoms with Crippen molar-refractivity contribution in [2.75, 3.05) is 5.73 Å². The summed E-state index contributed by atoms with van der Waals surface area (Å²) in [6.45, 7) is 0. The standard InChI is InChI=1S/C8H5BrF5NO/c9-5-3(7(10)11)1-2-4(15)6(5)16-8(12,13)14/h1-2,7H,15H2. The average Bonchev–Trinajstić information content (AvgIpc) is 2.10. The summed E-state index contributed by atoms with van der Waals surface area (Å²) >= 11 is 2.60. The zero-order valence-electron chi connectivity index (χ0n) is 7.49. The van der Waals surface area contributed by atoms with Crippen LogP contribution in [0.5, 0.6) is 5.75 Å². The molecular formula is C8H5BrF5NO. The van der Waals surface area contributed by atoms with Gasteiger partial charge in [-0.15, -0.1) is 13.2 Å². The minimum Gasteiger partial charge on any atom is -0.402 e. The first-order valence-corrected chi connectivity index (χ1v) is 4.63. The fourth-order valence-electron chi connectivity index (χ4n) is 0.974. The van der Waals surface area contributed by atoms with Crippen LogP contribution in [-0.2, 0) is 0 Å². The number of hydrogen-bond acceptors (Lipinski definition) is 2. The molecule has 0 spiro atoms. The molecule has 0 aliphatic heterocycles. The molecule has 1 aromatic carbocycles. The van der Waals surface area contributed by atoms with E-state index in [0.29, 0.717) is 0 Å². The Morgan fingerprint density at radius 2 is 1.81 bits per heavy atom. The molecule has 0 amide bonds. The number of rotatable bonds is 2. The molecule has 0 saturated carbocycles. The van der Waals surface area contributed by atoms with Crippen molar-refractivity contribution in [1.29, 1.82) is 0 Å². The van der Waals surface area contributed by atoms with E-state index in [1.54, 1.807) is 0 Å². The van der Waals surface area contributed by atoms with E-state index in [2.05, 4.69) is 20.7 Å². The van der Waals surface area contributed by atoms with E-state index in [1.807, 2.05) is 0 Å². The van der Waals surface area contributed by atoms with Gasteiger partial charge in [0.1, 0.15) is 0 Å². The lowest BCUT2D eigenvalue weighted by atomic mass is 10.2. The van der Waals surface area contributed by atoms with Crippen molar-refractivity contribution in [2.24, 2.45) is 0 Å². The molecule has 0 aliphatic carbocycles. The molecule has 0 saturated heterocycles. The summed E-state index contributed by atoms with van der Waals surface area (Å²) in [5.41, 5.74) is 4.20. The zero-order chi connectivity index (χ0) is 12.5. The summed E-state index contributed by atoms with van der Waals surface area (Å²) in [5, 5.41) is 0. The molecule has 0 unspecified atom stereocenters. The van der Waals surface area contributed by atoms with Gasteiger partial charge < -0.3 is 10.5 Å². The fourth-order valence-corrected chi connectivity index (χ4v) is 1.59. The number of benzene rings is 1. The van der Waals surface area contributed by atoms with Crippen molar-refractivity contribution < 1.29 is 26.7 Å². The topological polar surface area (TPSA) is 35.2 Å². The van der Waals surface area contributed by atoms with Gasteiger partial charge >= 0.3 is 6.36 Å². The summed E-state index contributed by atoms with van der Waals surface area (Å²) in [7, 11) is 0. The van der Waals surface area contributed by atoms with E-state index in [1.165, 1.54) is 0 Å². The van der Waals surface area contributed by atoms with E-state index in [9.17, 15) is 22.0 Å². The Morgan fingerprint density at radius 3 is 2.25 bits per heavy atom. The van der Waals surface area contributed by atoms with Crippen LogP contribution in [0.4, 0.5) is 27.6 Å². The van der Waals surface area contributed by atoms with Crippen molar-refractivity contribution in [3.8, 4) is 5.75 Å². The Labute approximate surface area is 95.3 Å². The highest BCUT2D eigenvalue weighted by atomic mass is 79.9. The molecule has 0 bridgehead atoms. The summed E-state index contributed by atoms with van der Waals surface area (Å²) < 4.78 is 63.6. The Morgan fingerprint density at radius 1 is 1.25 bits per heavy atom. The van der Waals surface area contributed by atoms with Gasteiger partial charge in [-0.3, -0.25) is 0 Å². The molecule has 2 N–H and O–H groups in total. The molecular weight excluding hydrogens is 301 g/mol. The third-order valence-electron chi connectivity index (χ3n) is 1.61. The molecule has 16 heavy (non-hydrogen) atoms. The molecule has 0 aliphatic rings. The van der Waals surface area contributed by atoms with Gasteiger partial charge in [-0.1, -0.05) is 0 Å². The largest absolute Gasteiger partial charge is 0.573 e. The predicted octanol–water partition coefficient (Wildman–Crippen LogP) is 3.87. The Hall–Kier alpha value is -1.05. The first-order valence-electron chi connectivity index (χ1n) is 3.84. The van der Waals surface area contributed by atoms with E-state index >= 15 is 0 Å². The maximum atomic E-state index is 12.4. The van der Waals surface area contributed by atoms with Crippen molar-refractivity contribution in [2.45, 2.75) is 12.8 Å². The molecule has 2 nitrogen and oxygen atoms in total. The van der Waals surface area contributed by atoms with Gasteiger partial charge in [0, 0.05) is 5.56 Å². The number of ether oxygens (including phenoxy) is 1. The van der Waals surface area contributed by atoms with Crippen molar-refractivity contribution >= 4 is 21.6 Å². The molecule has 1 aromatic rings. The summed E-state index contributed by atoms with van der Waals surface area (Å²) in [5.74, 6) is -0.856. The van der Waals surface area contributed by atoms with E-state index in [4.69, 9.17) is 5.73 Å². The SMILES string of the molecule is Nc1ccc(C(F)F)c(Br)c1OC(F)(F)F. The van der Waals surface area contributed by atoms with Gasteiger partial charge in [0.15, 0.2) is 5.75 Å². The second kappa shape index (κ2) is 4.44. The highest BCUT2D eigenvalue weighted by Gasteiger charge is 2.34. The number of hydrogen-bond donors (Lipinski definition) is 1. The van der Waals surface area contributed by atoms with Crippen LogP contribution in [0.1, 0.15) is 12.0 Å². The van der Waals surface area contributed by atoms with Gasteiger partial charge in [0.05, 0.1) is 10.2 Å². The molecule has 0 heterocycles. The Kier molecular flexibility index (Phi) is 3.61. The average molecular weight is 306 g/mol. The van der Waals surface area contributed by atoms with Gasteiger partial charge in [-0.05, 0) is 28.1 Å². The highest BCUT2D eigenvalue weighted by molar-refractivity contribution is 9.10. The maximum absolute atomic E-state index is 12.4. The third kappa shape index (κ3) is 2.97. The van der Waals surface area contributed by atoms with Gasteiger partial charge in [0.25, 0.3) is 6.43 Å². The second-order valence-corrected chi connectivity index (χ2v) is 3.53. The molecule has 0 atom stereocenters. The first kappa shape index (κ1) is 13.0. The summed E-state index contributed by atoms with van der Waals surface area (Å²) in [4.78, 5) is 0. The molecule has 90 valence electrons. The van der Waals surface area contributed by atoms with Crippen LogP contribution in [-0.4, -0.2) is 6.36 Å². The van der Waals surface area contributed by atoms with E-state index < -0.39 is 28.6 Å². The number of nitrogens with two attached hydrogens (primary N) is 1. The molecule has 1 rings (SSSR count). The number of anilines is 1. The first-order chi connectivity index (χ1) is 7.22. The quantitative estimate of drug-likeness (QED) is 0.665. The lowest BCUT2D eigenvalue weighted by Crippen LogP contribution is -2.18. The Balaban J connectivity index is 3.21. The number of alkyl halides is 5. The fraction of sp³-hybridized carbons (Fsp3) is 0.250. The van der Waals surface area contributed by atoms with Crippen molar-refractivity contribution in [1.82, 2.24) is 0 Å². The van der Waals surface area contributed by atoms with Crippen LogP contribution in [0.25, 0.3) is 0 Å². The predicted molar refractivity (Wildman–Crippen MR) is 50.2 cm³/mol. The summed E-state index contributed by atoms with van der Waals surface area (Å²) in [6, 6.07) is 1.85. The normalized spacial score (nSPS) is 11.9. The van der Waals surface area contributed by atoms with E-state index in [-0.39, 0.29) is 5.69 Å². The third-order valence-corrected chi connectivity index (χ3v) is 2.43. The minimum atomic E-state index is -4.99. The van der Waals surface area contributed by atoms with E-state index in [0.717, 1.165) is 12.1 Å². The number of nitrogen functional groups attached to an aromatic ring is 1. The van der Waals surface area contributed by atoms with Crippen LogP contribution in [0.15, 0.2) is 16.6 Å². The van der Waals surface area contributed by atoms with Crippen LogP contribution in [0, 0.1) is 0 Å². The molecule has 0 radical (unpaired) electrons. The van der Waals surface area contributed by atoms with Crippen LogP contribution < -0.4 is 10.5 Å². The smallest absolute Gasteiger partial charge is 0.402 e. The van der Waals surface area contributed by atoms with Gasteiger partial charge in [0.2, 0.25) is 0 Å². The highest BCUT2D eigenvalue weighted by Crippen LogP contribution is 2.40. The second-order valence-electron chi connectivity index (χ2n) is 2.74. The van der Waals surface area contributed by atoms with Crippen LogP contribution in [0.2, 0.25) is 0 Å². The molecule has 0 fully saturated rings. The van der Waals surface area contributed by atoms with Crippen LogP contribution in [0.3, 0.4) is 0 Å². The lowest BCUT2D eigenvalue weighted by molar-refractivity contribution is -0.274. The van der Waals surface area contributed by atoms with Gasteiger partial charge in [-0.2, -0.15) is 0 Å². The monoisotopic (exact) mass is 305 g/mol. The maximum Gasteiger partial charge on any atom is 0.573 e. The van der Waals surface area contributed by atoms with Crippen LogP contribution >= 0.6 is 15.9 Å². The number of halogens is 6. The van der Waals surface area contributed by atoms with Crippen molar-refractivity contribution in [3.63, 3.8) is 0 Å². The van der Waals surface area contributed by atoms with Gasteiger partial charge in [-0.25, -0.2) is 8.78 Å². The molecule has 8 heteroatoms. The minimum absolute atomic E-state index is 0.381. The molecule has 0 aromatic heterocycles. The summed E-state index contributed by atoms with van der Waals surface area (Å²) in [6.07, 6.45) is -7.91. The lowest BCUT2D eigenvalue weighted by Gasteiger charge is -2.14. The Bertz CT molecular complexity index is 393. The zero-order valence-corrected chi connectivity index (χ0v) is 9.07. The van der Waals surface area contributed by atoms with Crippen molar-refractivity contribution in [3.05, 3.63) is 22.2 Å².